The van der Waals surface area contributed by atoms with Crippen LogP contribution in [0.1, 0.15) is 18.5 Å². The van der Waals surface area contributed by atoms with Crippen molar-refractivity contribution in [2.24, 2.45) is 5.73 Å². The Hall–Kier alpha value is -1.34. The zero-order valence-corrected chi connectivity index (χ0v) is 11.8. The minimum absolute atomic E-state index is 0.329. The lowest BCUT2D eigenvalue weighted by Crippen LogP contribution is -2.49. The Kier molecular flexibility index (Phi) is 4.73. The molecular formula is C14H19F4N3. The monoisotopic (exact) mass is 305 g/mol. The number of alkyl halides is 3. The first-order valence-corrected chi connectivity index (χ1v) is 6.85. The van der Waals surface area contributed by atoms with Crippen molar-refractivity contribution >= 4 is 5.69 Å². The second-order valence-corrected chi connectivity index (χ2v) is 5.37. The fraction of sp³-hybridized carbons (Fsp3) is 0.571. The van der Waals surface area contributed by atoms with E-state index < -0.39 is 12.7 Å². The SMILES string of the molecule is C[C@@H](N)c1cc(F)ccc1N1CCN(CC(F)(F)F)CC1. The Labute approximate surface area is 121 Å². The number of halogens is 4. The van der Waals surface area contributed by atoms with Gasteiger partial charge in [0.15, 0.2) is 0 Å². The second-order valence-electron chi connectivity index (χ2n) is 5.37. The van der Waals surface area contributed by atoms with Crippen LogP contribution in [-0.4, -0.2) is 43.8 Å². The fourth-order valence-electron chi connectivity index (χ4n) is 2.58. The third-order valence-electron chi connectivity index (χ3n) is 3.60. The Morgan fingerprint density at radius 3 is 2.33 bits per heavy atom. The molecule has 0 spiro atoms. The molecule has 0 saturated carbocycles. The molecule has 1 saturated heterocycles. The first kappa shape index (κ1) is 16.0. The van der Waals surface area contributed by atoms with Gasteiger partial charge in [-0.25, -0.2) is 4.39 Å². The van der Waals surface area contributed by atoms with Crippen molar-refractivity contribution in [2.75, 3.05) is 37.6 Å². The van der Waals surface area contributed by atoms with Crippen molar-refractivity contribution < 1.29 is 17.6 Å². The number of piperazine rings is 1. The molecule has 118 valence electrons. The van der Waals surface area contributed by atoms with Gasteiger partial charge >= 0.3 is 6.18 Å². The topological polar surface area (TPSA) is 32.5 Å². The summed E-state index contributed by atoms with van der Waals surface area (Å²) in [6.07, 6.45) is -4.17. The maximum Gasteiger partial charge on any atom is 0.401 e. The van der Waals surface area contributed by atoms with E-state index in [0.717, 1.165) is 5.69 Å². The van der Waals surface area contributed by atoms with Crippen LogP contribution in [0, 0.1) is 5.82 Å². The minimum atomic E-state index is -4.17. The quantitative estimate of drug-likeness (QED) is 0.871. The molecule has 3 nitrogen and oxygen atoms in total. The van der Waals surface area contributed by atoms with Gasteiger partial charge in [0.1, 0.15) is 5.82 Å². The smallest absolute Gasteiger partial charge is 0.369 e. The molecule has 1 aromatic rings. The molecule has 1 aliphatic rings. The van der Waals surface area contributed by atoms with Crippen LogP contribution in [0.5, 0.6) is 0 Å². The van der Waals surface area contributed by atoms with Crippen molar-refractivity contribution in [3.8, 4) is 0 Å². The van der Waals surface area contributed by atoms with Gasteiger partial charge in [0.2, 0.25) is 0 Å². The first-order chi connectivity index (χ1) is 9.76. The van der Waals surface area contributed by atoms with E-state index in [1.54, 1.807) is 13.0 Å². The van der Waals surface area contributed by atoms with Crippen LogP contribution in [0.4, 0.5) is 23.2 Å². The summed E-state index contributed by atoms with van der Waals surface area (Å²) < 4.78 is 50.4. The molecule has 0 unspecified atom stereocenters. The van der Waals surface area contributed by atoms with Gasteiger partial charge in [0.25, 0.3) is 0 Å². The molecular weight excluding hydrogens is 286 g/mol. The van der Waals surface area contributed by atoms with Gasteiger partial charge in [-0.15, -0.1) is 0 Å². The Morgan fingerprint density at radius 1 is 1.19 bits per heavy atom. The lowest BCUT2D eigenvalue weighted by Gasteiger charge is -2.37. The normalized spacial score (nSPS) is 18.9. The molecule has 0 aromatic heterocycles. The molecule has 1 atom stereocenters. The van der Waals surface area contributed by atoms with Crippen molar-refractivity contribution in [1.29, 1.82) is 0 Å². The summed E-state index contributed by atoms with van der Waals surface area (Å²) in [6.45, 7) is 2.48. The van der Waals surface area contributed by atoms with Gasteiger partial charge in [-0.2, -0.15) is 13.2 Å². The third-order valence-corrected chi connectivity index (χ3v) is 3.60. The number of hydrogen-bond donors (Lipinski definition) is 1. The number of hydrogen-bond acceptors (Lipinski definition) is 3. The van der Waals surface area contributed by atoms with Crippen LogP contribution >= 0.6 is 0 Å². The fourth-order valence-corrected chi connectivity index (χ4v) is 2.58. The van der Waals surface area contributed by atoms with Crippen molar-refractivity contribution in [3.63, 3.8) is 0 Å². The number of nitrogens with two attached hydrogens (primary N) is 1. The van der Waals surface area contributed by atoms with Crippen LogP contribution in [0.3, 0.4) is 0 Å². The predicted molar refractivity (Wildman–Crippen MR) is 73.7 cm³/mol. The molecule has 0 amide bonds. The van der Waals surface area contributed by atoms with Gasteiger partial charge in [-0.3, -0.25) is 4.90 Å². The van der Waals surface area contributed by atoms with E-state index in [4.69, 9.17) is 5.73 Å². The highest BCUT2D eigenvalue weighted by Gasteiger charge is 2.32. The number of anilines is 1. The molecule has 2 N–H and O–H groups in total. The highest BCUT2D eigenvalue weighted by Crippen LogP contribution is 2.27. The largest absolute Gasteiger partial charge is 0.401 e. The van der Waals surface area contributed by atoms with E-state index in [0.29, 0.717) is 31.7 Å². The Balaban J connectivity index is 2.06. The van der Waals surface area contributed by atoms with E-state index >= 15 is 0 Å². The summed E-state index contributed by atoms with van der Waals surface area (Å²) in [5.41, 5.74) is 7.33. The van der Waals surface area contributed by atoms with Gasteiger partial charge < -0.3 is 10.6 Å². The standard InChI is InChI=1S/C14H19F4N3/c1-10(19)12-8-11(15)2-3-13(12)21-6-4-20(5-7-21)9-14(16,17)18/h2-3,8,10H,4-7,9,19H2,1H3/t10-/m1/s1. The summed E-state index contributed by atoms with van der Waals surface area (Å²) in [6, 6.07) is 4.06. The molecule has 1 fully saturated rings. The lowest BCUT2D eigenvalue weighted by molar-refractivity contribution is -0.146. The number of nitrogens with zero attached hydrogens (tertiary/aromatic N) is 2. The third kappa shape index (κ3) is 4.31. The number of benzene rings is 1. The zero-order chi connectivity index (χ0) is 15.6. The van der Waals surface area contributed by atoms with Crippen LogP contribution in [0.2, 0.25) is 0 Å². The lowest BCUT2D eigenvalue weighted by atomic mass is 10.0. The van der Waals surface area contributed by atoms with Gasteiger partial charge in [0.05, 0.1) is 6.54 Å². The zero-order valence-electron chi connectivity index (χ0n) is 11.8. The van der Waals surface area contributed by atoms with Crippen molar-refractivity contribution in [2.45, 2.75) is 19.1 Å². The van der Waals surface area contributed by atoms with Crippen LogP contribution in [-0.2, 0) is 0 Å². The van der Waals surface area contributed by atoms with Crippen LogP contribution in [0.25, 0.3) is 0 Å². The van der Waals surface area contributed by atoms with E-state index in [1.165, 1.54) is 17.0 Å². The highest BCUT2D eigenvalue weighted by atomic mass is 19.4. The summed E-state index contributed by atoms with van der Waals surface area (Å²) in [5, 5.41) is 0. The molecule has 0 radical (unpaired) electrons. The summed E-state index contributed by atoms with van der Waals surface area (Å²) in [4.78, 5) is 3.34. The molecule has 0 aliphatic carbocycles. The maximum atomic E-state index is 13.3. The van der Waals surface area contributed by atoms with Crippen LogP contribution in [0.15, 0.2) is 18.2 Å². The average Bonchev–Trinajstić information content (AvgIpc) is 2.38. The molecule has 21 heavy (non-hydrogen) atoms. The molecule has 1 aliphatic heterocycles. The molecule has 1 heterocycles. The molecule has 2 rings (SSSR count). The first-order valence-electron chi connectivity index (χ1n) is 6.85. The van der Waals surface area contributed by atoms with Crippen LogP contribution < -0.4 is 10.6 Å². The summed E-state index contributed by atoms with van der Waals surface area (Å²) in [5.74, 6) is -0.359. The average molecular weight is 305 g/mol. The van der Waals surface area contributed by atoms with Crippen molar-refractivity contribution in [1.82, 2.24) is 4.90 Å². The Bertz CT molecular complexity index is 480. The predicted octanol–water partition coefficient (Wildman–Crippen LogP) is 2.53. The summed E-state index contributed by atoms with van der Waals surface area (Å²) >= 11 is 0. The van der Waals surface area contributed by atoms with E-state index in [-0.39, 0.29) is 11.9 Å². The van der Waals surface area contributed by atoms with Gasteiger partial charge in [-0.1, -0.05) is 0 Å². The molecule has 7 heteroatoms. The van der Waals surface area contributed by atoms with E-state index in [1.807, 2.05) is 4.90 Å². The second kappa shape index (κ2) is 6.19. The maximum absolute atomic E-state index is 13.3. The van der Waals surface area contributed by atoms with E-state index in [2.05, 4.69) is 0 Å². The summed E-state index contributed by atoms with van der Waals surface area (Å²) in [7, 11) is 0. The van der Waals surface area contributed by atoms with Gasteiger partial charge in [-0.05, 0) is 30.7 Å². The van der Waals surface area contributed by atoms with Gasteiger partial charge in [0, 0.05) is 37.9 Å². The highest BCUT2D eigenvalue weighted by molar-refractivity contribution is 5.55. The van der Waals surface area contributed by atoms with Crippen molar-refractivity contribution in [3.05, 3.63) is 29.6 Å². The van der Waals surface area contributed by atoms with E-state index in [9.17, 15) is 17.6 Å². The number of rotatable bonds is 3. The molecule has 1 aromatic carbocycles. The molecule has 0 bridgehead atoms. The Morgan fingerprint density at radius 2 is 1.81 bits per heavy atom. The minimum Gasteiger partial charge on any atom is -0.369 e.